The molecular formula is C18H12ClF5N4O2. The lowest BCUT2D eigenvalue weighted by molar-refractivity contribution is -0.141. The molecule has 0 radical (unpaired) electrons. The van der Waals surface area contributed by atoms with Gasteiger partial charge >= 0.3 is 12.2 Å². The zero-order valence-electron chi connectivity index (χ0n) is 14.8. The smallest absolute Gasteiger partial charge is 0.435 e. The fourth-order valence-electron chi connectivity index (χ4n) is 2.50. The average Bonchev–Trinajstić information content (AvgIpc) is 3.09. The lowest BCUT2D eigenvalue weighted by Crippen LogP contribution is -2.29. The van der Waals surface area contributed by atoms with Gasteiger partial charge in [0.15, 0.2) is 23.1 Å². The second kappa shape index (κ2) is 8.19. The van der Waals surface area contributed by atoms with E-state index in [4.69, 9.17) is 16.7 Å². The van der Waals surface area contributed by atoms with E-state index in [9.17, 15) is 26.7 Å². The molecule has 0 bridgehead atoms. The molecule has 0 aliphatic heterocycles. The first-order valence-electron chi connectivity index (χ1n) is 8.19. The Labute approximate surface area is 170 Å². The maximum atomic E-state index is 13.3. The van der Waals surface area contributed by atoms with Crippen LogP contribution in [0.15, 0.2) is 42.5 Å². The van der Waals surface area contributed by atoms with Gasteiger partial charge in [0.1, 0.15) is 0 Å². The predicted octanol–water partition coefficient (Wildman–Crippen LogP) is 4.85. The average molecular weight is 447 g/mol. The number of hydrogen-bond acceptors (Lipinski definition) is 3. The van der Waals surface area contributed by atoms with E-state index in [2.05, 4.69) is 15.7 Å². The molecular weight excluding hydrogens is 435 g/mol. The van der Waals surface area contributed by atoms with Gasteiger partial charge in [0.2, 0.25) is 0 Å². The molecule has 2 amide bonds. The standard InChI is InChI=1S/C18H12ClF5N4O2/c19-9-2-1-3-11(4-9)28-12(7-15(27-28)18(22,23)24)8-25-17(30)26-10-5-13(20)16(29)14(21)6-10/h1-7,29H,8H2,(H2,25,26,30). The third-order valence-electron chi connectivity index (χ3n) is 3.83. The van der Waals surface area contributed by atoms with E-state index in [-0.39, 0.29) is 22.1 Å². The van der Waals surface area contributed by atoms with E-state index in [1.54, 1.807) is 0 Å². The van der Waals surface area contributed by atoms with Crippen LogP contribution in [0, 0.1) is 11.6 Å². The minimum Gasteiger partial charge on any atom is -0.503 e. The van der Waals surface area contributed by atoms with E-state index < -0.39 is 41.8 Å². The molecule has 0 atom stereocenters. The summed E-state index contributed by atoms with van der Waals surface area (Å²) < 4.78 is 66.9. The fourth-order valence-corrected chi connectivity index (χ4v) is 2.68. The van der Waals surface area contributed by atoms with Gasteiger partial charge in [-0.15, -0.1) is 0 Å². The Hall–Kier alpha value is -3.34. The number of carbonyl (C=O) groups excluding carboxylic acids is 1. The topological polar surface area (TPSA) is 79.2 Å². The van der Waals surface area contributed by atoms with Crippen LogP contribution in [0.2, 0.25) is 5.02 Å². The van der Waals surface area contributed by atoms with Gasteiger partial charge in [-0.1, -0.05) is 17.7 Å². The molecule has 1 aromatic heterocycles. The quantitative estimate of drug-likeness (QED) is 0.396. The Morgan fingerprint density at radius 1 is 1.13 bits per heavy atom. The van der Waals surface area contributed by atoms with Crippen molar-refractivity contribution in [3.8, 4) is 11.4 Å². The van der Waals surface area contributed by atoms with Crippen LogP contribution in [0.3, 0.4) is 0 Å². The number of anilines is 1. The Morgan fingerprint density at radius 3 is 2.40 bits per heavy atom. The molecule has 0 spiro atoms. The first-order valence-corrected chi connectivity index (χ1v) is 8.57. The second-order valence-corrected chi connectivity index (χ2v) is 6.44. The van der Waals surface area contributed by atoms with E-state index in [1.165, 1.54) is 24.3 Å². The van der Waals surface area contributed by atoms with Gasteiger partial charge in [0.25, 0.3) is 0 Å². The molecule has 0 saturated carbocycles. The molecule has 3 N–H and O–H groups in total. The molecule has 6 nitrogen and oxygen atoms in total. The number of amides is 2. The number of phenolic OH excluding ortho intramolecular Hbond substituents is 1. The lowest BCUT2D eigenvalue weighted by Gasteiger charge is -2.10. The van der Waals surface area contributed by atoms with Crippen molar-refractivity contribution in [3.63, 3.8) is 0 Å². The van der Waals surface area contributed by atoms with Gasteiger partial charge in [-0.25, -0.2) is 18.3 Å². The Kier molecular flexibility index (Phi) is 5.83. The van der Waals surface area contributed by atoms with Crippen molar-refractivity contribution < 1.29 is 31.9 Å². The summed E-state index contributed by atoms with van der Waals surface area (Å²) in [5, 5.41) is 17.2. The van der Waals surface area contributed by atoms with Crippen molar-refractivity contribution in [2.24, 2.45) is 0 Å². The SMILES string of the molecule is O=C(NCc1cc(C(F)(F)F)nn1-c1cccc(Cl)c1)Nc1cc(F)c(O)c(F)c1. The number of carbonyl (C=O) groups is 1. The van der Waals surface area contributed by atoms with E-state index in [0.29, 0.717) is 12.1 Å². The van der Waals surface area contributed by atoms with E-state index in [1.807, 2.05) is 0 Å². The van der Waals surface area contributed by atoms with E-state index >= 15 is 0 Å². The van der Waals surface area contributed by atoms with Crippen molar-refractivity contribution in [2.75, 3.05) is 5.32 Å². The zero-order chi connectivity index (χ0) is 22.1. The summed E-state index contributed by atoms with van der Waals surface area (Å²) in [5.41, 5.74) is -1.28. The van der Waals surface area contributed by atoms with Crippen LogP contribution in [0.1, 0.15) is 11.4 Å². The lowest BCUT2D eigenvalue weighted by atomic mass is 10.2. The summed E-state index contributed by atoms with van der Waals surface area (Å²) in [6.45, 7) is -0.398. The summed E-state index contributed by atoms with van der Waals surface area (Å²) in [4.78, 5) is 12.0. The minimum absolute atomic E-state index is 0.0252. The fraction of sp³-hybridized carbons (Fsp3) is 0.111. The molecule has 0 aliphatic carbocycles. The van der Waals surface area contributed by atoms with Crippen LogP contribution in [-0.4, -0.2) is 20.9 Å². The number of nitrogens with zero attached hydrogens (tertiary/aromatic N) is 2. The molecule has 3 aromatic rings. The number of benzene rings is 2. The monoisotopic (exact) mass is 446 g/mol. The largest absolute Gasteiger partial charge is 0.503 e. The van der Waals surface area contributed by atoms with Crippen LogP contribution < -0.4 is 10.6 Å². The summed E-state index contributed by atoms with van der Waals surface area (Å²) in [6, 6.07) is 7.06. The number of alkyl halides is 3. The van der Waals surface area contributed by atoms with Crippen LogP contribution in [-0.2, 0) is 12.7 Å². The van der Waals surface area contributed by atoms with Crippen LogP contribution in [0.25, 0.3) is 5.69 Å². The maximum Gasteiger partial charge on any atom is 0.435 e. The van der Waals surface area contributed by atoms with Gasteiger partial charge in [-0.05, 0) is 24.3 Å². The molecule has 12 heteroatoms. The third kappa shape index (κ3) is 4.79. The predicted molar refractivity (Wildman–Crippen MR) is 97.5 cm³/mol. The van der Waals surface area contributed by atoms with Crippen molar-refractivity contribution >= 4 is 23.3 Å². The number of aromatic nitrogens is 2. The van der Waals surface area contributed by atoms with Crippen LogP contribution in [0.4, 0.5) is 32.4 Å². The molecule has 3 rings (SSSR count). The van der Waals surface area contributed by atoms with Crippen LogP contribution >= 0.6 is 11.6 Å². The summed E-state index contributed by atoms with van der Waals surface area (Å²) in [6.07, 6.45) is -4.72. The van der Waals surface area contributed by atoms with Crippen molar-refractivity contribution in [1.82, 2.24) is 15.1 Å². The second-order valence-electron chi connectivity index (χ2n) is 6.01. The maximum absolute atomic E-state index is 13.3. The Morgan fingerprint density at radius 2 is 1.80 bits per heavy atom. The van der Waals surface area contributed by atoms with Gasteiger partial charge in [0, 0.05) is 22.8 Å². The molecule has 0 aliphatic rings. The molecule has 30 heavy (non-hydrogen) atoms. The number of phenols is 1. The number of rotatable bonds is 4. The number of hydrogen-bond donors (Lipinski definition) is 3. The van der Waals surface area contributed by atoms with Gasteiger partial charge < -0.3 is 15.7 Å². The van der Waals surface area contributed by atoms with Crippen molar-refractivity contribution in [1.29, 1.82) is 0 Å². The highest BCUT2D eigenvalue weighted by molar-refractivity contribution is 6.30. The number of aromatic hydroxyl groups is 1. The first-order chi connectivity index (χ1) is 14.0. The van der Waals surface area contributed by atoms with Gasteiger partial charge in [0.05, 0.1) is 17.9 Å². The first kappa shape index (κ1) is 21.4. The zero-order valence-corrected chi connectivity index (χ0v) is 15.5. The van der Waals surface area contributed by atoms with Crippen molar-refractivity contribution in [3.05, 3.63) is 70.5 Å². The van der Waals surface area contributed by atoms with Gasteiger partial charge in [-0.2, -0.15) is 18.3 Å². The van der Waals surface area contributed by atoms with Gasteiger partial charge in [-0.3, -0.25) is 0 Å². The summed E-state index contributed by atoms with van der Waals surface area (Å²) >= 11 is 5.88. The molecule has 158 valence electrons. The molecule has 0 saturated heterocycles. The Balaban J connectivity index is 1.80. The summed E-state index contributed by atoms with van der Waals surface area (Å²) in [5.74, 6) is -3.79. The van der Waals surface area contributed by atoms with E-state index in [0.717, 1.165) is 10.7 Å². The normalized spacial score (nSPS) is 11.4. The summed E-state index contributed by atoms with van der Waals surface area (Å²) in [7, 11) is 0. The highest BCUT2D eigenvalue weighted by atomic mass is 35.5. The molecule has 2 aromatic carbocycles. The minimum atomic E-state index is -4.72. The Bertz CT molecular complexity index is 1080. The number of nitrogens with one attached hydrogen (secondary N) is 2. The molecule has 1 heterocycles. The van der Waals surface area contributed by atoms with Crippen LogP contribution in [0.5, 0.6) is 5.75 Å². The number of halogens is 6. The highest BCUT2D eigenvalue weighted by Crippen LogP contribution is 2.30. The molecule has 0 fully saturated rings. The highest BCUT2D eigenvalue weighted by Gasteiger charge is 2.35. The van der Waals surface area contributed by atoms with Crippen molar-refractivity contribution in [2.45, 2.75) is 12.7 Å². The third-order valence-corrected chi connectivity index (χ3v) is 4.07. The molecule has 0 unspecified atom stereocenters. The number of urea groups is 1.